The minimum absolute atomic E-state index is 0.153. The lowest BCUT2D eigenvalue weighted by Gasteiger charge is -2.19. The van der Waals surface area contributed by atoms with Gasteiger partial charge < -0.3 is 10.1 Å². The summed E-state index contributed by atoms with van der Waals surface area (Å²) in [5.41, 5.74) is 1.12. The summed E-state index contributed by atoms with van der Waals surface area (Å²) in [7, 11) is -6.68. The summed E-state index contributed by atoms with van der Waals surface area (Å²) in [5.74, 6) is 1.83. The molecule has 3 N–H and O–H groups in total. The lowest BCUT2D eigenvalue weighted by molar-refractivity contribution is 0.411. The molecule has 0 fully saturated rings. The molecule has 0 bridgehead atoms. The van der Waals surface area contributed by atoms with Gasteiger partial charge in [-0.05, 0) is 18.2 Å². The normalized spacial score (nSPS) is 15.3. The van der Waals surface area contributed by atoms with Crippen LogP contribution in [0, 0.1) is 0 Å². The second-order valence-electron chi connectivity index (χ2n) is 5.77. The molecule has 1 aliphatic heterocycles. The van der Waals surface area contributed by atoms with E-state index in [9.17, 15) is 16.8 Å². The van der Waals surface area contributed by atoms with Gasteiger partial charge in [0.25, 0.3) is 10.0 Å². The van der Waals surface area contributed by atoms with Gasteiger partial charge in [-0.1, -0.05) is 29.8 Å². The summed E-state index contributed by atoms with van der Waals surface area (Å²) in [5, 5.41) is 7.79. The van der Waals surface area contributed by atoms with Crippen molar-refractivity contribution in [1.82, 2.24) is 0 Å². The summed E-state index contributed by atoms with van der Waals surface area (Å²) in [6, 6.07) is 9.65. The first-order chi connectivity index (χ1) is 13.1. The average Bonchev–Trinajstić information content (AvgIpc) is 2.60. The van der Waals surface area contributed by atoms with Gasteiger partial charge in [-0.2, -0.15) is 8.42 Å². The number of ether oxygens (including phenoxy) is 1. The van der Waals surface area contributed by atoms with Gasteiger partial charge in [0.2, 0.25) is 10.0 Å². The van der Waals surface area contributed by atoms with Crippen molar-refractivity contribution in [2.24, 2.45) is 9.54 Å². The van der Waals surface area contributed by atoms with E-state index in [0.29, 0.717) is 5.75 Å². The van der Waals surface area contributed by atoms with Crippen molar-refractivity contribution in [3.05, 3.63) is 47.0 Å². The number of benzene rings is 2. The molecule has 150 valence electrons. The minimum Gasteiger partial charge on any atom is -0.496 e. The monoisotopic (exact) mass is 461 g/mol. The SMILES string of the molecule is COc1ccccc1CSCC1=NS(=O)(=O)c2cc(S(N)(=O)=O)c(Cl)cc2N1. The summed E-state index contributed by atoms with van der Waals surface area (Å²) < 4.78 is 57.1. The predicted octanol–water partition coefficient (Wildman–Crippen LogP) is 2.44. The molecule has 0 saturated heterocycles. The first-order valence-corrected chi connectivity index (χ1v) is 12.3. The van der Waals surface area contributed by atoms with E-state index in [1.807, 2.05) is 24.3 Å². The van der Waals surface area contributed by atoms with Crippen LogP contribution < -0.4 is 15.2 Å². The van der Waals surface area contributed by atoms with Gasteiger partial charge >= 0.3 is 0 Å². The Balaban J connectivity index is 1.81. The van der Waals surface area contributed by atoms with E-state index >= 15 is 0 Å². The lowest BCUT2D eigenvalue weighted by Crippen LogP contribution is -2.24. The molecule has 0 radical (unpaired) electrons. The second-order valence-corrected chi connectivity index (χ2v) is 10.3. The highest BCUT2D eigenvalue weighted by Gasteiger charge is 2.28. The maximum absolute atomic E-state index is 12.5. The molecule has 0 aliphatic carbocycles. The Hall–Kier alpha value is -1.79. The molecule has 12 heteroatoms. The van der Waals surface area contributed by atoms with Crippen molar-refractivity contribution in [2.75, 3.05) is 18.2 Å². The van der Waals surface area contributed by atoms with Crippen molar-refractivity contribution in [2.45, 2.75) is 15.5 Å². The molecule has 0 aromatic heterocycles. The number of rotatable bonds is 6. The molecule has 8 nitrogen and oxygen atoms in total. The first kappa shape index (κ1) is 20.9. The van der Waals surface area contributed by atoms with E-state index in [1.54, 1.807) is 7.11 Å². The molecule has 0 atom stereocenters. The zero-order valence-electron chi connectivity index (χ0n) is 14.5. The van der Waals surface area contributed by atoms with Gasteiger partial charge in [0.15, 0.2) is 0 Å². The van der Waals surface area contributed by atoms with E-state index in [4.69, 9.17) is 21.5 Å². The molecule has 0 amide bonds. The number of nitrogens with one attached hydrogen (secondary N) is 1. The van der Waals surface area contributed by atoms with Gasteiger partial charge in [-0.25, -0.2) is 13.6 Å². The number of fused-ring (bicyclic) bond motifs is 1. The zero-order chi connectivity index (χ0) is 20.5. The average molecular weight is 462 g/mol. The Morgan fingerprint density at radius 1 is 1.25 bits per heavy atom. The fraction of sp³-hybridized carbons (Fsp3) is 0.188. The molecular weight excluding hydrogens is 446 g/mol. The molecule has 2 aromatic rings. The van der Waals surface area contributed by atoms with Crippen LogP contribution in [0.25, 0.3) is 0 Å². The van der Waals surface area contributed by atoms with E-state index in [0.717, 1.165) is 17.4 Å². The fourth-order valence-corrected chi connectivity index (χ4v) is 5.88. The number of amidine groups is 1. The van der Waals surface area contributed by atoms with Gasteiger partial charge in [0.1, 0.15) is 21.4 Å². The van der Waals surface area contributed by atoms with Crippen LogP contribution >= 0.6 is 23.4 Å². The highest BCUT2D eigenvalue weighted by Crippen LogP contribution is 2.34. The van der Waals surface area contributed by atoms with Crippen LogP contribution in [0.15, 0.2) is 50.6 Å². The van der Waals surface area contributed by atoms with E-state index in [-0.39, 0.29) is 27.2 Å². The maximum atomic E-state index is 12.5. The molecular formula is C16H16ClN3O5S3. The Bertz CT molecular complexity index is 1160. The van der Waals surface area contributed by atoms with Crippen molar-refractivity contribution in [3.63, 3.8) is 0 Å². The van der Waals surface area contributed by atoms with Crippen LogP contribution in [0.3, 0.4) is 0 Å². The van der Waals surface area contributed by atoms with E-state index in [2.05, 4.69) is 9.71 Å². The standard InChI is InChI=1S/C16H16ClN3O5S3/c1-25-13-5-3-2-4-10(13)8-26-9-16-19-12-6-11(17)14(27(18,21)22)7-15(12)28(23,24)20-16/h2-7H,8-9H2,1H3,(H,19,20)(H2,18,21,22). The number of anilines is 1. The number of nitrogens with two attached hydrogens (primary N) is 1. The number of sulfonamides is 2. The third kappa shape index (κ3) is 4.44. The largest absolute Gasteiger partial charge is 0.496 e. The smallest absolute Gasteiger partial charge is 0.286 e. The third-order valence-electron chi connectivity index (χ3n) is 3.82. The van der Waals surface area contributed by atoms with Crippen LogP contribution in [0.1, 0.15) is 5.56 Å². The first-order valence-electron chi connectivity index (χ1n) is 7.78. The number of primary sulfonamides is 1. The lowest BCUT2D eigenvalue weighted by atomic mass is 10.2. The molecule has 1 aliphatic rings. The highest BCUT2D eigenvalue weighted by molar-refractivity contribution is 7.99. The van der Waals surface area contributed by atoms with Gasteiger partial charge in [-0.3, -0.25) is 0 Å². The second kappa shape index (κ2) is 7.91. The maximum Gasteiger partial charge on any atom is 0.286 e. The minimum atomic E-state index is -4.17. The molecule has 28 heavy (non-hydrogen) atoms. The Kier molecular flexibility index (Phi) is 5.92. The number of nitrogens with zero attached hydrogens (tertiary/aromatic N) is 1. The molecule has 1 heterocycles. The number of thioether (sulfide) groups is 1. The molecule has 0 saturated carbocycles. The summed E-state index contributed by atoms with van der Waals surface area (Å²) in [6.07, 6.45) is 0. The van der Waals surface area contributed by atoms with Crippen LogP contribution in [0.4, 0.5) is 5.69 Å². The Morgan fingerprint density at radius 3 is 2.64 bits per heavy atom. The van der Waals surface area contributed by atoms with Crippen LogP contribution in [-0.4, -0.2) is 35.5 Å². The molecule has 3 rings (SSSR count). The molecule has 0 spiro atoms. The van der Waals surface area contributed by atoms with Gasteiger partial charge in [0, 0.05) is 11.3 Å². The number of hydrogen-bond donors (Lipinski definition) is 2. The van der Waals surface area contributed by atoms with Crippen LogP contribution in [0.5, 0.6) is 5.75 Å². The quantitative estimate of drug-likeness (QED) is 0.675. The zero-order valence-corrected chi connectivity index (χ0v) is 17.8. The topological polar surface area (TPSA) is 128 Å². The predicted molar refractivity (Wildman–Crippen MR) is 110 cm³/mol. The Labute approximate surface area is 172 Å². The molecule has 0 unspecified atom stereocenters. The van der Waals surface area contributed by atoms with Crippen LogP contribution in [0.2, 0.25) is 5.02 Å². The Morgan fingerprint density at radius 2 is 1.96 bits per heavy atom. The number of hydrogen-bond acceptors (Lipinski definition) is 7. The number of methoxy groups -OCH3 is 1. The highest BCUT2D eigenvalue weighted by atomic mass is 35.5. The number of halogens is 1. The van der Waals surface area contributed by atoms with E-state index in [1.165, 1.54) is 17.8 Å². The molecule has 2 aromatic carbocycles. The van der Waals surface area contributed by atoms with Crippen molar-refractivity contribution >= 4 is 54.9 Å². The fourth-order valence-electron chi connectivity index (χ4n) is 2.58. The van der Waals surface area contributed by atoms with E-state index < -0.39 is 24.9 Å². The van der Waals surface area contributed by atoms with Crippen molar-refractivity contribution in [1.29, 1.82) is 0 Å². The summed E-state index contributed by atoms with van der Waals surface area (Å²) in [6.45, 7) is 0. The third-order valence-corrected chi connectivity index (χ3v) is 7.54. The van der Waals surface area contributed by atoms with Gasteiger partial charge in [0.05, 0.1) is 23.6 Å². The summed E-state index contributed by atoms with van der Waals surface area (Å²) in [4.78, 5) is -0.762. The van der Waals surface area contributed by atoms with Crippen molar-refractivity contribution < 1.29 is 21.6 Å². The van der Waals surface area contributed by atoms with Crippen molar-refractivity contribution in [3.8, 4) is 5.75 Å². The van der Waals surface area contributed by atoms with Crippen LogP contribution in [-0.2, 0) is 25.8 Å². The number of para-hydroxylation sites is 1. The van der Waals surface area contributed by atoms with Gasteiger partial charge in [-0.15, -0.1) is 16.2 Å². The summed E-state index contributed by atoms with van der Waals surface area (Å²) >= 11 is 7.39.